The number of rotatable bonds is 9. The lowest BCUT2D eigenvalue weighted by atomic mass is 9.95. The number of carbonyl (C=O) groups excluding carboxylic acids is 1. The number of hydrogen-bond donors (Lipinski definition) is 1. The van der Waals surface area contributed by atoms with Gasteiger partial charge in [-0.15, -0.1) is 11.3 Å². The zero-order valence-corrected chi connectivity index (χ0v) is 19.7. The first kappa shape index (κ1) is 21.8. The number of methoxy groups -OCH3 is 1. The molecule has 1 saturated carbocycles. The van der Waals surface area contributed by atoms with E-state index in [0.717, 1.165) is 41.5 Å². The summed E-state index contributed by atoms with van der Waals surface area (Å²) in [5.74, 6) is 0.683. The highest BCUT2D eigenvalue weighted by Crippen LogP contribution is 2.43. The Morgan fingerprint density at radius 1 is 1.15 bits per heavy atom. The summed E-state index contributed by atoms with van der Waals surface area (Å²) < 4.78 is 5.23. The molecule has 1 aliphatic carbocycles. The summed E-state index contributed by atoms with van der Waals surface area (Å²) in [5, 5.41) is 3.09. The van der Waals surface area contributed by atoms with Crippen LogP contribution in [0.5, 0.6) is 0 Å². The first-order valence-electron chi connectivity index (χ1n) is 11.5. The largest absolute Gasteiger partial charge is 0.398 e. The normalized spacial score (nSPS) is 13.5. The number of nitrogens with two attached hydrogens (primary N) is 1. The molecule has 0 saturated heterocycles. The first-order chi connectivity index (χ1) is 16.1. The summed E-state index contributed by atoms with van der Waals surface area (Å²) in [6.07, 6.45) is 6.47. The monoisotopic (exact) mass is 456 g/mol. The van der Waals surface area contributed by atoms with Crippen molar-refractivity contribution in [3.8, 4) is 10.4 Å². The topological polar surface area (TPSA) is 65.2 Å². The number of carbonyl (C=O) groups is 1. The molecule has 0 radical (unpaired) electrons. The number of ether oxygens (including phenoxy) is 1. The van der Waals surface area contributed by atoms with E-state index in [1.165, 1.54) is 28.8 Å². The Kier molecular flexibility index (Phi) is 6.25. The number of nitrogens with zero attached hydrogens (tertiary/aromatic N) is 1. The van der Waals surface area contributed by atoms with Gasteiger partial charge in [-0.25, -0.2) is 0 Å². The number of fused-ring (bicyclic) bond motifs is 1. The van der Waals surface area contributed by atoms with E-state index in [-0.39, 0.29) is 12.2 Å². The summed E-state index contributed by atoms with van der Waals surface area (Å²) in [6, 6.07) is 16.5. The minimum absolute atomic E-state index is 0.0385. The van der Waals surface area contributed by atoms with E-state index in [9.17, 15) is 4.79 Å². The average molecular weight is 457 g/mol. The van der Waals surface area contributed by atoms with Gasteiger partial charge >= 0.3 is 0 Å². The van der Waals surface area contributed by atoms with Crippen molar-refractivity contribution in [3.05, 3.63) is 82.4 Å². The summed E-state index contributed by atoms with van der Waals surface area (Å²) in [4.78, 5) is 19.0. The van der Waals surface area contributed by atoms with Crippen LogP contribution in [0.3, 0.4) is 0 Å². The summed E-state index contributed by atoms with van der Waals surface area (Å²) in [6.45, 7) is 0.764. The molecule has 0 bridgehead atoms. The highest BCUT2D eigenvalue weighted by molar-refractivity contribution is 7.13. The van der Waals surface area contributed by atoms with Crippen LogP contribution in [0, 0.1) is 0 Å². The van der Waals surface area contributed by atoms with Crippen LogP contribution >= 0.6 is 11.3 Å². The van der Waals surface area contributed by atoms with Gasteiger partial charge in [-0.05, 0) is 95.6 Å². The van der Waals surface area contributed by atoms with E-state index in [1.807, 2.05) is 30.3 Å². The lowest BCUT2D eigenvalue weighted by Crippen LogP contribution is -2.07. The molecule has 0 unspecified atom stereocenters. The molecule has 168 valence electrons. The summed E-state index contributed by atoms with van der Waals surface area (Å²) >= 11 is 1.68. The van der Waals surface area contributed by atoms with Crippen LogP contribution in [0.1, 0.15) is 52.2 Å². The van der Waals surface area contributed by atoms with Crippen LogP contribution in [0.4, 0.5) is 5.69 Å². The molecule has 4 aromatic rings. The maximum absolute atomic E-state index is 13.2. The number of thiophene rings is 1. The van der Waals surface area contributed by atoms with Gasteiger partial charge in [0, 0.05) is 47.8 Å². The number of Topliss-reactive ketones (excluding diaryl/α,β-unsaturated/α-hetero) is 1. The maximum Gasteiger partial charge on any atom is 0.168 e. The Hall–Kier alpha value is -3.02. The average Bonchev–Trinajstić information content (AvgIpc) is 3.53. The molecule has 1 aliphatic rings. The predicted molar refractivity (Wildman–Crippen MR) is 136 cm³/mol. The van der Waals surface area contributed by atoms with E-state index in [4.69, 9.17) is 10.5 Å². The van der Waals surface area contributed by atoms with E-state index < -0.39 is 0 Å². The fraction of sp³-hybridized carbons (Fsp3) is 0.286. The second-order valence-electron chi connectivity index (χ2n) is 8.83. The Bertz CT molecular complexity index is 1290. The van der Waals surface area contributed by atoms with Crippen molar-refractivity contribution < 1.29 is 9.53 Å². The van der Waals surface area contributed by atoms with Gasteiger partial charge in [0.05, 0.1) is 5.52 Å². The van der Waals surface area contributed by atoms with Crippen molar-refractivity contribution in [2.75, 3.05) is 19.5 Å². The third-order valence-corrected chi connectivity index (χ3v) is 7.29. The van der Waals surface area contributed by atoms with Crippen molar-refractivity contribution in [1.29, 1.82) is 0 Å². The SMILES string of the molecule is COCCCc1cc2ncc(C(=O)Cc3cc(-c4cccs4)ccc3N)cc2cc1C1CC1. The number of anilines is 1. The number of nitrogen functional groups attached to an aromatic ring is 1. The number of ketones is 1. The van der Waals surface area contributed by atoms with E-state index >= 15 is 0 Å². The van der Waals surface area contributed by atoms with Crippen LogP contribution in [0.25, 0.3) is 21.3 Å². The smallest absolute Gasteiger partial charge is 0.168 e. The zero-order valence-electron chi connectivity index (χ0n) is 18.8. The fourth-order valence-corrected chi connectivity index (χ4v) is 5.14. The highest BCUT2D eigenvalue weighted by Gasteiger charge is 2.26. The molecule has 0 spiro atoms. The van der Waals surface area contributed by atoms with E-state index in [0.29, 0.717) is 17.2 Å². The number of aryl methyl sites for hydroxylation is 1. The molecule has 0 amide bonds. The quantitative estimate of drug-likeness (QED) is 0.179. The van der Waals surface area contributed by atoms with Crippen molar-refractivity contribution in [1.82, 2.24) is 4.98 Å². The number of aromatic nitrogens is 1. The van der Waals surface area contributed by atoms with Crippen molar-refractivity contribution in [2.24, 2.45) is 0 Å². The van der Waals surface area contributed by atoms with Gasteiger partial charge in [-0.2, -0.15) is 0 Å². The highest BCUT2D eigenvalue weighted by atomic mass is 32.1. The molecule has 1 fully saturated rings. The maximum atomic E-state index is 13.2. The summed E-state index contributed by atoms with van der Waals surface area (Å²) in [5.41, 5.74) is 13.2. The van der Waals surface area contributed by atoms with Gasteiger partial charge in [0.15, 0.2) is 5.78 Å². The van der Waals surface area contributed by atoms with Crippen molar-refractivity contribution in [3.63, 3.8) is 0 Å². The lowest BCUT2D eigenvalue weighted by Gasteiger charge is -2.12. The van der Waals surface area contributed by atoms with Gasteiger partial charge in [0.2, 0.25) is 0 Å². The number of hydrogen-bond acceptors (Lipinski definition) is 5. The number of benzene rings is 2. The van der Waals surface area contributed by atoms with Crippen LogP contribution < -0.4 is 5.73 Å². The molecule has 2 aromatic heterocycles. The Morgan fingerprint density at radius 3 is 2.79 bits per heavy atom. The third-order valence-electron chi connectivity index (χ3n) is 6.38. The first-order valence-corrected chi connectivity index (χ1v) is 12.4. The lowest BCUT2D eigenvalue weighted by molar-refractivity contribution is 0.0993. The van der Waals surface area contributed by atoms with Crippen molar-refractivity contribution >= 4 is 33.7 Å². The Morgan fingerprint density at radius 2 is 2.03 bits per heavy atom. The van der Waals surface area contributed by atoms with Crippen LogP contribution in [-0.2, 0) is 17.6 Å². The molecule has 5 rings (SSSR count). The van der Waals surface area contributed by atoms with Crippen LogP contribution in [-0.4, -0.2) is 24.5 Å². The predicted octanol–water partition coefficient (Wildman–Crippen LogP) is 6.43. The van der Waals surface area contributed by atoms with Gasteiger partial charge in [-0.1, -0.05) is 12.1 Å². The minimum atomic E-state index is 0.0385. The second kappa shape index (κ2) is 9.46. The van der Waals surface area contributed by atoms with Gasteiger partial charge in [0.1, 0.15) is 0 Å². The standard InChI is InChI=1S/C28H28N2O2S/c1-32-10-2-4-19-15-26-22(14-24(19)18-6-7-18)13-23(17-30-26)27(31)16-21-12-20(8-9-25(21)29)28-5-3-11-33-28/h3,5,8-9,11-15,17-18H,2,4,6-7,10,16,29H2,1H3. The molecular formula is C28H28N2O2S. The molecule has 4 nitrogen and oxygen atoms in total. The minimum Gasteiger partial charge on any atom is -0.398 e. The molecule has 33 heavy (non-hydrogen) atoms. The Balaban J connectivity index is 1.41. The molecule has 2 heterocycles. The fourth-order valence-electron chi connectivity index (χ4n) is 4.42. The van der Waals surface area contributed by atoms with Gasteiger partial charge in [0.25, 0.3) is 0 Å². The molecule has 5 heteroatoms. The van der Waals surface area contributed by atoms with Gasteiger partial charge in [-0.3, -0.25) is 9.78 Å². The van der Waals surface area contributed by atoms with Crippen LogP contribution in [0.15, 0.2) is 60.1 Å². The molecule has 2 N–H and O–H groups in total. The summed E-state index contributed by atoms with van der Waals surface area (Å²) in [7, 11) is 1.74. The molecule has 0 atom stereocenters. The van der Waals surface area contributed by atoms with E-state index in [1.54, 1.807) is 24.6 Å². The second-order valence-corrected chi connectivity index (χ2v) is 9.78. The van der Waals surface area contributed by atoms with Gasteiger partial charge < -0.3 is 10.5 Å². The third kappa shape index (κ3) is 4.85. The Labute approximate surface area is 198 Å². The number of pyridine rings is 1. The zero-order chi connectivity index (χ0) is 22.8. The van der Waals surface area contributed by atoms with Crippen LogP contribution in [0.2, 0.25) is 0 Å². The molecule has 2 aromatic carbocycles. The van der Waals surface area contributed by atoms with Crippen molar-refractivity contribution in [2.45, 2.75) is 38.0 Å². The molecular weight excluding hydrogens is 428 g/mol. The van der Waals surface area contributed by atoms with E-state index in [2.05, 4.69) is 28.6 Å². The molecule has 0 aliphatic heterocycles.